The van der Waals surface area contributed by atoms with E-state index in [9.17, 15) is 0 Å². The Morgan fingerprint density at radius 2 is 2.18 bits per heavy atom. The third-order valence-electron chi connectivity index (χ3n) is 3.54. The second-order valence-corrected chi connectivity index (χ2v) is 5.59. The van der Waals surface area contributed by atoms with E-state index in [1.807, 2.05) is 7.11 Å². The number of hydrogen-bond donors (Lipinski definition) is 1. The van der Waals surface area contributed by atoms with Crippen LogP contribution in [0.4, 0.5) is 0 Å². The molecular weight excluding hydrogens is 212 g/mol. The summed E-state index contributed by atoms with van der Waals surface area (Å²) in [5, 5.41) is 3.54. The maximum absolute atomic E-state index is 5.43. The lowest BCUT2D eigenvalue weighted by Gasteiger charge is -2.31. The molecular formula is C14H30N2O. The fourth-order valence-electron chi connectivity index (χ4n) is 2.41. The summed E-state index contributed by atoms with van der Waals surface area (Å²) in [5.74, 6) is 0.835. The standard InChI is InChI=1S/C14H30N2O/c1-13(2)6-4-8-15-9-11-16-10-5-7-14(12-16)17-3/h13-15H,4-12H2,1-3H3. The van der Waals surface area contributed by atoms with Crippen LogP contribution >= 0.6 is 0 Å². The topological polar surface area (TPSA) is 24.5 Å². The van der Waals surface area contributed by atoms with Gasteiger partial charge in [0.2, 0.25) is 0 Å². The lowest BCUT2D eigenvalue weighted by Crippen LogP contribution is -2.42. The highest BCUT2D eigenvalue weighted by atomic mass is 16.5. The van der Waals surface area contributed by atoms with E-state index < -0.39 is 0 Å². The van der Waals surface area contributed by atoms with Crippen LogP contribution in [-0.2, 0) is 4.74 Å². The normalized spacial score (nSPS) is 22.2. The van der Waals surface area contributed by atoms with Crippen molar-refractivity contribution in [1.29, 1.82) is 0 Å². The summed E-state index contributed by atoms with van der Waals surface area (Å²) >= 11 is 0. The molecule has 0 aliphatic carbocycles. The summed E-state index contributed by atoms with van der Waals surface area (Å²) in [6.45, 7) is 10.4. The van der Waals surface area contributed by atoms with Gasteiger partial charge < -0.3 is 10.1 Å². The fraction of sp³-hybridized carbons (Fsp3) is 1.00. The number of nitrogens with zero attached hydrogens (tertiary/aromatic N) is 1. The Morgan fingerprint density at radius 1 is 1.35 bits per heavy atom. The van der Waals surface area contributed by atoms with Crippen LogP contribution < -0.4 is 5.32 Å². The second-order valence-electron chi connectivity index (χ2n) is 5.59. The fourth-order valence-corrected chi connectivity index (χ4v) is 2.41. The molecule has 1 unspecified atom stereocenters. The van der Waals surface area contributed by atoms with Crippen molar-refractivity contribution in [2.24, 2.45) is 5.92 Å². The van der Waals surface area contributed by atoms with E-state index in [1.165, 1.54) is 45.3 Å². The number of nitrogens with one attached hydrogen (secondary N) is 1. The smallest absolute Gasteiger partial charge is 0.0698 e. The van der Waals surface area contributed by atoms with E-state index in [4.69, 9.17) is 4.74 Å². The maximum atomic E-state index is 5.43. The molecule has 0 saturated carbocycles. The Kier molecular flexibility index (Phi) is 7.82. The first-order chi connectivity index (χ1) is 8.22. The van der Waals surface area contributed by atoms with Gasteiger partial charge in [-0.05, 0) is 44.7 Å². The van der Waals surface area contributed by atoms with E-state index in [0.717, 1.165) is 19.0 Å². The molecule has 17 heavy (non-hydrogen) atoms. The molecule has 0 bridgehead atoms. The Balaban J connectivity index is 1.95. The summed E-state index contributed by atoms with van der Waals surface area (Å²) in [5.41, 5.74) is 0. The highest BCUT2D eigenvalue weighted by Gasteiger charge is 2.18. The average Bonchev–Trinajstić information content (AvgIpc) is 2.33. The Hall–Kier alpha value is -0.120. The van der Waals surface area contributed by atoms with Gasteiger partial charge in [-0.3, -0.25) is 4.90 Å². The molecule has 0 aromatic heterocycles. The Bertz CT molecular complexity index is 185. The molecule has 0 aromatic rings. The van der Waals surface area contributed by atoms with E-state index in [1.54, 1.807) is 0 Å². The number of hydrogen-bond acceptors (Lipinski definition) is 3. The molecule has 1 saturated heterocycles. The molecule has 1 heterocycles. The van der Waals surface area contributed by atoms with Gasteiger partial charge in [-0.2, -0.15) is 0 Å². The number of likely N-dealkylation sites (tertiary alicyclic amines) is 1. The summed E-state index contributed by atoms with van der Waals surface area (Å²) in [6.07, 6.45) is 5.62. The molecule has 1 aliphatic heterocycles. The van der Waals surface area contributed by atoms with E-state index in [0.29, 0.717) is 6.10 Å². The van der Waals surface area contributed by atoms with Crippen molar-refractivity contribution in [1.82, 2.24) is 10.2 Å². The highest BCUT2D eigenvalue weighted by Crippen LogP contribution is 2.11. The minimum absolute atomic E-state index is 0.463. The lowest BCUT2D eigenvalue weighted by molar-refractivity contribution is 0.0319. The van der Waals surface area contributed by atoms with Gasteiger partial charge >= 0.3 is 0 Å². The average molecular weight is 242 g/mol. The van der Waals surface area contributed by atoms with Gasteiger partial charge in [-0.15, -0.1) is 0 Å². The molecule has 3 nitrogen and oxygen atoms in total. The summed E-state index contributed by atoms with van der Waals surface area (Å²) in [7, 11) is 1.83. The zero-order valence-corrected chi connectivity index (χ0v) is 11.9. The Labute approximate surface area is 107 Å². The molecule has 0 spiro atoms. The number of ether oxygens (including phenoxy) is 1. The molecule has 102 valence electrons. The lowest BCUT2D eigenvalue weighted by atomic mass is 10.1. The number of piperidine rings is 1. The first-order valence-corrected chi connectivity index (χ1v) is 7.18. The molecule has 0 amide bonds. The largest absolute Gasteiger partial charge is 0.380 e. The molecule has 3 heteroatoms. The molecule has 1 rings (SSSR count). The van der Waals surface area contributed by atoms with Gasteiger partial charge in [-0.25, -0.2) is 0 Å². The van der Waals surface area contributed by atoms with Gasteiger partial charge in [0.25, 0.3) is 0 Å². The number of rotatable bonds is 8. The van der Waals surface area contributed by atoms with Crippen LogP contribution in [0, 0.1) is 5.92 Å². The third-order valence-corrected chi connectivity index (χ3v) is 3.54. The van der Waals surface area contributed by atoms with E-state index in [-0.39, 0.29) is 0 Å². The predicted octanol–water partition coefficient (Wildman–Crippen LogP) is 2.12. The van der Waals surface area contributed by atoms with Crippen molar-refractivity contribution < 1.29 is 4.74 Å². The zero-order chi connectivity index (χ0) is 12.5. The van der Waals surface area contributed by atoms with Crippen LogP contribution in [0.15, 0.2) is 0 Å². The van der Waals surface area contributed by atoms with Crippen molar-refractivity contribution in [3.05, 3.63) is 0 Å². The van der Waals surface area contributed by atoms with Crippen molar-refractivity contribution in [3.63, 3.8) is 0 Å². The molecule has 1 aliphatic rings. The van der Waals surface area contributed by atoms with Gasteiger partial charge in [0.15, 0.2) is 0 Å². The quantitative estimate of drug-likeness (QED) is 0.660. The van der Waals surface area contributed by atoms with Gasteiger partial charge in [0.05, 0.1) is 6.10 Å². The maximum Gasteiger partial charge on any atom is 0.0698 e. The highest BCUT2D eigenvalue weighted by molar-refractivity contribution is 4.73. The minimum Gasteiger partial charge on any atom is -0.380 e. The molecule has 0 aromatic carbocycles. The SMILES string of the molecule is COC1CCCN(CCNCCCC(C)C)C1. The van der Waals surface area contributed by atoms with Crippen LogP contribution in [0.5, 0.6) is 0 Å². The molecule has 0 radical (unpaired) electrons. The van der Waals surface area contributed by atoms with Crippen molar-refractivity contribution >= 4 is 0 Å². The summed E-state index contributed by atoms with van der Waals surface area (Å²) in [4.78, 5) is 2.52. The first kappa shape index (κ1) is 14.9. The van der Waals surface area contributed by atoms with Gasteiger partial charge in [0, 0.05) is 26.7 Å². The predicted molar refractivity (Wildman–Crippen MR) is 73.4 cm³/mol. The van der Waals surface area contributed by atoms with Crippen LogP contribution in [0.25, 0.3) is 0 Å². The molecule has 1 atom stereocenters. The monoisotopic (exact) mass is 242 g/mol. The third kappa shape index (κ3) is 7.02. The minimum atomic E-state index is 0.463. The van der Waals surface area contributed by atoms with E-state index in [2.05, 4.69) is 24.1 Å². The molecule has 1 fully saturated rings. The summed E-state index contributed by atoms with van der Waals surface area (Å²) in [6, 6.07) is 0. The van der Waals surface area contributed by atoms with E-state index >= 15 is 0 Å². The van der Waals surface area contributed by atoms with Crippen molar-refractivity contribution in [3.8, 4) is 0 Å². The van der Waals surface area contributed by atoms with Crippen molar-refractivity contribution in [2.45, 2.75) is 45.6 Å². The molecule has 1 N–H and O–H groups in total. The first-order valence-electron chi connectivity index (χ1n) is 7.18. The Morgan fingerprint density at radius 3 is 2.88 bits per heavy atom. The van der Waals surface area contributed by atoms with Gasteiger partial charge in [-0.1, -0.05) is 13.8 Å². The van der Waals surface area contributed by atoms with Crippen LogP contribution in [0.3, 0.4) is 0 Å². The van der Waals surface area contributed by atoms with Crippen molar-refractivity contribution in [2.75, 3.05) is 39.8 Å². The van der Waals surface area contributed by atoms with Crippen LogP contribution in [0.2, 0.25) is 0 Å². The zero-order valence-electron chi connectivity index (χ0n) is 11.9. The second kappa shape index (κ2) is 8.90. The number of methoxy groups -OCH3 is 1. The van der Waals surface area contributed by atoms with Gasteiger partial charge in [0.1, 0.15) is 0 Å². The van der Waals surface area contributed by atoms with Crippen LogP contribution in [-0.4, -0.2) is 50.8 Å². The summed E-state index contributed by atoms with van der Waals surface area (Å²) < 4.78 is 5.43. The van der Waals surface area contributed by atoms with Crippen LogP contribution in [0.1, 0.15) is 39.5 Å².